The molecule has 296 valence electrons. The van der Waals surface area contributed by atoms with Crippen molar-refractivity contribution in [3.63, 3.8) is 0 Å². The summed E-state index contributed by atoms with van der Waals surface area (Å²) in [5, 5.41) is 34.0. The molecular weight excluding hydrogens is 799 g/mol. The SMILES string of the molecule is CC(C)(COP(=O)(O)OP(=O)(O)OC[C@H]1O[C@@H](n2cnc3c(N)ncnc32)[C@H](O)[C@@H]1O[P+](=O)O)C(O)C(=O)NCCC(=O)NCCSC(=O)CC(=O)O. The Balaban J connectivity index is 1.49. The van der Waals surface area contributed by atoms with Crippen molar-refractivity contribution in [1.29, 1.82) is 0 Å². The summed E-state index contributed by atoms with van der Waals surface area (Å²) in [5.41, 5.74) is 4.34. The molecule has 0 aromatic carbocycles. The first-order valence-corrected chi connectivity index (χ1v) is 20.1. The quantitative estimate of drug-likeness (QED) is 0.0400. The van der Waals surface area contributed by atoms with E-state index in [9.17, 15) is 57.8 Å². The molecule has 0 spiro atoms. The van der Waals surface area contributed by atoms with Gasteiger partial charge in [-0.1, -0.05) is 25.6 Å². The van der Waals surface area contributed by atoms with E-state index in [1.165, 1.54) is 18.4 Å². The number of carboxylic acids is 1. The number of phosphoric acid groups is 2. The third-order valence-electron chi connectivity index (χ3n) is 7.01. The predicted molar refractivity (Wildman–Crippen MR) is 177 cm³/mol. The minimum Gasteiger partial charge on any atom is -0.481 e. The van der Waals surface area contributed by atoms with Crippen molar-refractivity contribution in [2.45, 2.75) is 57.3 Å². The Bertz CT molecular complexity index is 1770. The van der Waals surface area contributed by atoms with Gasteiger partial charge in [-0.3, -0.25) is 32.8 Å². The fourth-order valence-corrected chi connectivity index (χ4v) is 7.79. The highest BCUT2D eigenvalue weighted by Gasteiger charge is 2.51. The van der Waals surface area contributed by atoms with Crippen molar-refractivity contribution in [3.05, 3.63) is 12.7 Å². The fourth-order valence-electron chi connectivity index (χ4n) is 4.42. The average Bonchev–Trinajstić information content (AvgIpc) is 3.61. The summed E-state index contributed by atoms with van der Waals surface area (Å²) in [6.07, 6.45) is -6.93. The molecule has 25 nitrogen and oxygen atoms in total. The van der Waals surface area contributed by atoms with Gasteiger partial charge in [0.05, 0.1) is 19.5 Å². The molecule has 3 rings (SSSR count). The molecule has 0 saturated carbocycles. The molecule has 2 amide bonds. The normalized spacial score (nSPS) is 22.1. The lowest BCUT2D eigenvalue weighted by Crippen LogP contribution is -2.46. The molecule has 2 aromatic rings. The number of hydrogen-bond acceptors (Lipinski definition) is 19. The largest absolute Gasteiger partial charge is 0.695 e. The van der Waals surface area contributed by atoms with Crippen LogP contribution in [0.1, 0.15) is 32.9 Å². The smallest absolute Gasteiger partial charge is 0.481 e. The number of carbonyl (C=O) groups is 4. The van der Waals surface area contributed by atoms with Crippen LogP contribution >= 0.6 is 35.7 Å². The van der Waals surface area contributed by atoms with Gasteiger partial charge >= 0.3 is 29.9 Å². The second-order valence-corrected chi connectivity index (χ2v) is 16.5. The number of thioether (sulfide) groups is 1. The molecule has 1 aliphatic heterocycles. The Morgan fingerprint density at radius 2 is 1.81 bits per heavy atom. The maximum absolute atomic E-state index is 12.6. The van der Waals surface area contributed by atoms with E-state index in [-0.39, 0.29) is 42.2 Å². The Labute approximate surface area is 304 Å². The zero-order valence-corrected chi connectivity index (χ0v) is 31.2. The Morgan fingerprint density at radius 1 is 1.13 bits per heavy atom. The maximum atomic E-state index is 12.6. The van der Waals surface area contributed by atoms with Crippen molar-refractivity contribution in [2.75, 3.05) is 37.8 Å². The number of carbonyl (C=O) groups excluding carboxylic acids is 3. The fraction of sp³-hybridized carbons (Fsp3) is 0.625. The van der Waals surface area contributed by atoms with Crippen LogP contribution in [-0.2, 0) is 55.5 Å². The highest BCUT2D eigenvalue weighted by Crippen LogP contribution is 2.61. The highest BCUT2D eigenvalue weighted by molar-refractivity contribution is 8.13. The van der Waals surface area contributed by atoms with Gasteiger partial charge in [0.1, 0.15) is 36.6 Å². The number of fused-ring (bicyclic) bond motifs is 1. The number of nitrogens with two attached hydrogens (primary N) is 1. The van der Waals surface area contributed by atoms with Crippen molar-refractivity contribution in [1.82, 2.24) is 30.2 Å². The molecule has 1 saturated heterocycles. The standard InChI is InChI=1S/C24H36N7O18P3S/c1-24(2,19(37)22(38)27-4-3-13(32)26-5-6-53-15(35)7-14(33)34)9-46-52(43,44)49-51(41,42)45-8-12-18(48-50(39)40)17(36)23(47-12)31-11-30-16-20(25)28-10-29-21(16)31/h10-12,17-19,23,36-37H,3-9H2,1-2H3,(H7-,25,26,27,28,29,32,33,34,38,39,40,41,42,43,44)/p+1/t12-,17-,18-,19?,23-/m1/s1. The summed E-state index contributed by atoms with van der Waals surface area (Å²) in [7, 11) is -14.3. The molecule has 0 bridgehead atoms. The highest BCUT2D eigenvalue weighted by atomic mass is 32.2. The number of nitrogen functional groups attached to an aromatic ring is 1. The summed E-state index contributed by atoms with van der Waals surface area (Å²) < 4.78 is 62.0. The third kappa shape index (κ3) is 13.3. The number of aliphatic carboxylic acids is 1. The number of ether oxygens (including phenoxy) is 1. The molecule has 53 heavy (non-hydrogen) atoms. The molecule has 1 aliphatic rings. The third-order valence-corrected chi connectivity index (χ3v) is 10.9. The lowest BCUT2D eigenvalue weighted by atomic mass is 9.87. The van der Waals surface area contributed by atoms with Crippen LogP contribution in [0, 0.1) is 5.41 Å². The molecule has 4 unspecified atom stereocenters. The van der Waals surface area contributed by atoms with Gasteiger partial charge in [-0.05, 0) is 0 Å². The van der Waals surface area contributed by atoms with Crippen LogP contribution in [0.3, 0.4) is 0 Å². The average molecular weight is 837 g/mol. The Hall–Kier alpha value is -3.06. The van der Waals surface area contributed by atoms with Crippen molar-refractivity contribution < 1.29 is 85.5 Å². The second kappa shape index (κ2) is 19.0. The van der Waals surface area contributed by atoms with Crippen LogP contribution in [0.2, 0.25) is 0 Å². The maximum Gasteiger partial charge on any atom is 0.695 e. The first-order chi connectivity index (χ1) is 24.6. The Kier molecular flexibility index (Phi) is 15.9. The van der Waals surface area contributed by atoms with Crippen molar-refractivity contribution in [2.24, 2.45) is 5.41 Å². The minimum atomic E-state index is -5.51. The first kappa shape index (κ1) is 44.3. The number of hydrogen-bond donors (Lipinski definition) is 9. The van der Waals surface area contributed by atoms with E-state index in [2.05, 4.69) is 29.9 Å². The molecule has 1 fully saturated rings. The summed E-state index contributed by atoms with van der Waals surface area (Å²) in [6.45, 7) is 0.337. The molecule has 3 heterocycles. The summed E-state index contributed by atoms with van der Waals surface area (Å²) in [6, 6.07) is 0. The van der Waals surface area contributed by atoms with Crippen molar-refractivity contribution in [3.8, 4) is 0 Å². The predicted octanol–water partition coefficient (Wildman–Crippen LogP) is -1.30. The topological polar surface area (TPSA) is 381 Å². The summed E-state index contributed by atoms with van der Waals surface area (Å²) >= 11 is 0.725. The van der Waals surface area contributed by atoms with Gasteiger partial charge in [0.15, 0.2) is 28.9 Å². The number of phosphoric ester groups is 2. The van der Waals surface area contributed by atoms with Crippen molar-refractivity contribution >= 4 is 75.5 Å². The summed E-state index contributed by atoms with van der Waals surface area (Å²) in [5.74, 6) is -2.71. The van der Waals surface area contributed by atoms with Gasteiger partial charge in [-0.15, -0.1) is 9.42 Å². The van der Waals surface area contributed by atoms with Gasteiger partial charge in [-0.25, -0.2) is 24.1 Å². The number of aliphatic hydroxyl groups excluding tert-OH is 2. The number of amides is 2. The lowest BCUT2D eigenvalue weighted by Gasteiger charge is -2.30. The zero-order valence-electron chi connectivity index (χ0n) is 27.7. The Morgan fingerprint density at radius 3 is 2.47 bits per heavy atom. The minimum absolute atomic E-state index is 0.0126. The number of nitrogens with zero attached hydrogens (tertiary/aromatic N) is 4. The molecule has 29 heteroatoms. The van der Waals surface area contributed by atoms with Gasteiger partial charge in [-0.2, -0.15) is 4.31 Å². The van der Waals surface area contributed by atoms with Crippen LogP contribution in [-0.4, -0.2) is 129 Å². The second-order valence-electron chi connectivity index (χ2n) is 11.6. The van der Waals surface area contributed by atoms with Crippen LogP contribution in [0.15, 0.2) is 12.7 Å². The van der Waals surface area contributed by atoms with Gasteiger partial charge in [0.2, 0.25) is 11.8 Å². The van der Waals surface area contributed by atoms with E-state index in [4.69, 9.17) is 29.1 Å². The lowest BCUT2D eigenvalue weighted by molar-refractivity contribution is -0.139. The van der Waals surface area contributed by atoms with E-state index in [1.54, 1.807) is 0 Å². The monoisotopic (exact) mass is 836 g/mol. The van der Waals surface area contributed by atoms with Gasteiger partial charge < -0.3 is 46.2 Å². The molecular formula is C24H37N7O18P3S+. The van der Waals surface area contributed by atoms with Gasteiger partial charge in [0.25, 0.3) is 0 Å². The number of imidazole rings is 1. The number of aromatic nitrogens is 4. The molecule has 0 radical (unpaired) electrons. The van der Waals surface area contributed by atoms with Crippen LogP contribution in [0.4, 0.5) is 5.82 Å². The number of carboxylic acid groups (broad SMARTS) is 1. The summed E-state index contributed by atoms with van der Waals surface area (Å²) in [4.78, 5) is 87.6. The number of nitrogens with one attached hydrogen (secondary N) is 2. The molecule has 2 aromatic heterocycles. The molecule has 8 atom stereocenters. The van der Waals surface area contributed by atoms with E-state index >= 15 is 0 Å². The van der Waals surface area contributed by atoms with Crippen LogP contribution < -0.4 is 16.4 Å². The molecule has 0 aliphatic carbocycles. The first-order valence-electron chi connectivity index (χ1n) is 15.0. The number of anilines is 1. The van der Waals surface area contributed by atoms with E-state index in [1.807, 2.05) is 0 Å². The van der Waals surface area contributed by atoms with Gasteiger partial charge in [0, 0.05) is 35.2 Å². The number of aliphatic hydroxyl groups is 2. The van der Waals surface area contributed by atoms with E-state index in [0.717, 1.165) is 24.4 Å². The van der Waals surface area contributed by atoms with E-state index in [0.29, 0.717) is 0 Å². The zero-order chi connectivity index (χ0) is 39.7. The number of rotatable bonds is 21. The van der Waals surface area contributed by atoms with Crippen LogP contribution in [0.25, 0.3) is 11.2 Å². The van der Waals surface area contributed by atoms with Crippen LogP contribution in [0.5, 0.6) is 0 Å². The van der Waals surface area contributed by atoms with E-state index < -0.39 is 102 Å². The molecule has 10 N–H and O–H groups in total.